The van der Waals surface area contributed by atoms with Gasteiger partial charge in [0, 0.05) is 25.6 Å². The molecule has 4 nitrogen and oxygen atoms in total. The molecule has 0 fully saturated rings. The smallest absolute Gasteiger partial charge is 0.260 e. The zero-order chi connectivity index (χ0) is 12.1. The first-order valence-electron chi connectivity index (χ1n) is 4.84. The summed E-state index contributed by atoms with van der Waals surface area (Å²) in [6.45, 7) is 1.58. The predicted octanol–water partition coefficient (Wildman–Crippen LogP) is 0.773. The van der Waals surface area contributed by atoms with Gasteiger partial charge < -0.3 is 5.73 Å². The van der Waals surface area contributed by atoms with Crippen LogP contribution < -0.4 is 5.73 Å². The van der Waals surface area contributed by atoms with Gasteiger partial charge in [-0.1, -0.05) is 6.07 Å². The quantitative estimate of drug-likeness (QED) is 0.825. The summed E-state index contributed by atoms with van der Waals surface area (Å²) in [5, 5.41) is 0. The SMILES string of the molecule is CC(=O)N(CCN)C(=O)c1cccc(F)c1. The molecule has 0 radical (unpaired) electrons. The third-order valence-electron chi connectivity index (χ3n) is 2.05. The average Bonchev–Trinajstić information content (AvgIpc) is 2.24. The second-order valence-electron chi connectivity index (χ2n) is 3.27. The van der Waals surface area contributed by atoms with Gasteiger partial charge in [0.25, 0.3) is 5.91 Å². The molecule has 0 saturated carbocycles. The Morgan fingerprint density at radius 1 is 1.44 bits per heavy atom. The molecule has 2 amide bonds. The highest BCUT2D eigenvalue weighted by Crippen LogP contribution is 2.07. The molecule has 2 N–H and O–H groups in total. The minimum Gasteiger partial charge on any atom is -0.329 e. The third kappa shape index (κ3) is 2.87. The van der Waals surface area contributed by atoms with Gasteiger partial charge in [-0.15, -0.1) is 0 Å². The van der Waals surface area contributed by atoms with Gasteiger partial charge in [-0.05, 0) is 18.2 Å². The van der Waals surface area contributed by atoms with Crippen molar-refractivity contribution < 1.29 is 14.0 Å². The number of benzene rings is 1. The van der Waals surface area contributed by atoms with Crippen molar-refractivity contribution in [1.82, 2.24) is 4.90 Å². The topological polar surface area (TPSA) is 63.4 Å². The fourth-order valence-corrected chi connectivity index (χ4v) is 1.31. The van der Waals surface area contributed by atoms with E-state index in [4.69, 9.17) is 5.73 Å². The Kier molecular flexibility index (Phi) is 4.13. The molecule has 0 aliphatic rings. The maximum absolute atomic E-state index is 12.9. The largest absolute Gasteiger partial charge is 0.329 e. The summed E-state index contributed by atoms with van der Waals surface area (Å²) in [7, 11) is 0. The van der Waals surface area contributed by atoms with Crippen LogP contribution in [0.5, 0.6) is 0 Å². The van der Waals surface area contributed by atoms with E-state index in [1.807, 2.05) is 0 Å². The molecule has 0 atom stereocenters. The maximum Gasteiger partial charge on any atom is 0.260 e. The Bertz CT molecular complexity index is 407. The van der Waals surface area contributed by atoms with E-state index in [-0.39, 0.29) is 18.7 Å². The molecule has 0 aromatic heterocycles. The lowest BCUT2D eigenvalue weighted by Crippen LogP contribution is -2.38. The van der Waals surface area contributed by atoms with Crippen LogP contribution in [0.1, 0.15) is 17.3 Å². The fourth-order valence-electron chi connectivity index (χ4n) is 1.31. The van der Waals surface area contributed by atoms with Crippen LogP contribution in [0.2, 0.25) is 0 Å². The standard InChI is InChI=1S/C11H13FN2O2/c1-8(15)14(6-5-13)11(16)9-3-2-4-10(12)7-9/h2-4,7H,5-6,13H2,1H3. The highest BCUT2D eigenvalue weighted by atomic mass is 19.1. The molecule has 1 aromatic rings. The second-order valence-corrected chi connectivity index (χ2v) is 3.27. The van der Waals surface area contributed by atoms with Gasteiger partial charge in [-0.2, -0.15) is 0 Å². The van der Waals surface area contributed by atoms with E-state index in [2.05, 4.69) is 0 Å². The Morgan fingerprint density at radius 3 is 2.62 bits per heavy atom. The number of rotatable bonds is 3. The summed E-state index contributed by atoms with van der Waals surface area (Å²) in [4.78, 5) is 24.0. The first kappa shape index (κ1) is 12.3. The van der Waals surface area contributed by atoms with Crippen molar-refractivity contribution in [2.24, 2.45) is 5.73 Å². The van der Waals surface area contributed by atoms with E-state index < -0.39 is 17.6 Å². The second kappa shape index (κ2) is 5.37. The molecule has 0 bridgehead atoms. The van der Waals surface area contributed by atoms with Crippen LogP contribution in [-0.2, 0) is 4.79 Å². The molecule has 1 aromatic carbocycles. The van der Waals surface area contributed by atoms with Crippen LogP contribution in [0, 0.1) is 5.82 Å². The molecule has 0 heterocycles. The van der Waals surface area contributed by atoms with Gasteiger partial charge in [-0.3, -0.25) is 14.5 Å². The number of hydrogen-bond acceptors (Lipinski definition) is 3. The molecule has 1 rings (SSSR count). The van der Waals surface area contributed by atoms with Gasteiger partial charge in [0.2, 0.25) is 5.91 Å². The zero-order valence-corrected chi connectivity index (χ0v) is 8.94. The van der Waals surface area contributed by atoms with Gasteiger partial charge in [0.15, 0.2) is 0 Å². The molecule has 0 aliphatic heterocycles. The Morgan fingerprint density at radius 2 is 2.12 bits per heavy atom. The lowest BCUT2D eigenvalue weighted by molar-refractivity contribution is -0.126. The number of carbonyl (C=O) groups excluding carboxylic acids is 2. The number of amides is 2. The summed E-state index contributed by atoms with van der Waals surface area (Å²) in [6.07, 6.45) is 0. The van der Waals surface area contributed by atoms with Crippen molar-refractivity contribution in [1.29, 1.82) is 0 Å². The first-order chi connectivity index (χ1) is 7.56. The molecule has 0 unspecified atom stereocenters. The van der Waals surface area contributed by atoms with Crippen molar-refractivity contribution in [3.63, 3.8) is 0 Å². The number of imide groups is 1. The number of nitrogens with two attached hydrogens (primary N) is 1. The third-order valence-corrected chi connectivity index (χ3v) is 2.05. The highest BCUT2D eigenvalue weighted by molar-refractivity contribution is 6.04. The summed E-state index contributed by atoms with van der Waals surface area (Å²) in [5.41, 5.74) is 5.44. The maximum atomic E-state index is 12.9. The summed E-state index contributed by atoms with van der Waals surface area (Å²) in [5.74, 6) is -1.45. The average molecular weight is 224 g/mol. The van der Waals surface area contributed by atoms with Crippen LogP contribution in [-0.4, -0.2) is 29.8 Å². The number of carbonyl (C=O) groups is 2. The monoisotopic (exact) mass is 224 g/mol. The van der Waals surface area contributed by atoms with Crippen molar-refractivity contribution in [3.05, 3.63) is 35.6 Å². The van der Waals surface area contributed by atoms with Crippen molar-refractivity contribution in [3.8, 4) is 0 Å². The molecular formula is C11H13FN2O2. The van der Waals surface area contributed by atoms with Crippen LogP contribution in [0.15, 0.2) is 24.3 Å². The lowest BCUT2D eigenvalue weighted by atomic mass is 10.2. The zero-order valence-electron chi connectivity index (χ0n) is 8.94. The van der Waals surface area contributed by atoms with Crippen LogP contribution in [0.4, 0.5) is 4.39 Å². The van der Waals surface area contributed by atoms with Crippen LogP contribution in [0.3, 0.4) is 0 Å². The normalized spacial score (nSPS) is 9.94. The summed E-state index contributed by atoms with van der Waals surface area (Å²) < 4.78 is 12.9. The molecule has 16 heavy (non-hydrogen) atoms. The van der Waals surface area contributed by atoms with Crippen molar-refractivity contribution in [2.75, 3.05) is 13.1 Å². The molecule has 0 aliphatic carbocycles. The number of halogens is 1. The Labute approximate surface area is 92.8 Å². The lowest BCUT2D eigenvalue weighted by Gasteiger charge is -2.18. The van der Waals surface area contributed by atoms with E-state index in [9.17, 15) is 14.0 Å². The predicted molar refractivity (Wildman–Crippen MR) is 57.2 cm³/mol. The number of hydrogen-bond donors (Lipinski definition) is 1. The van der Waals surface area contributed by atoms with E-state index in [1.165, 1.54) is 25.1 Å². The van der Waals surface area contributed by atoms with Crippen molar-refractivity contribution >= 4 is 11.8 Å². The molecule has 86 valence electrons. The highest BCUT2D eigenvalue weighted by Gasteiger charge is 2.18. The number of nitrogens with zero attached hydrogens (tertiary/aromatic N) is 1. The molecule has 5 heteroatoms. The summed E-state index contributed by atoms with van der Waals surface area (Å²) in [6, 6.07) is 5.20. The van der Waals surface area contributed by atoms with E-state index in [0.29, 0.717) is 0 Å². The Balaban J connectivity index is 2.94. The molecule has 0 spiro atoms. The summed E-state index contributed by atoms with van der Waals surface area (Å²) >= 11 is 0. The minimum absolute atomic E-state index is 0.130. The fraction of sp³-hybridized carbons (Fsp3) is 0.273. The molecular weight excluding hydrogens is 211 g/mol. The van der Waals surface area contributed by atoms with E-state index >= 15 is 0 Å². The van der Waals surface area contributed by atoms with Gasteiger partial charge >= 0.3 is 0 Å². The van der Waals surface area contributed by atoms with Gasteiger partial charge in [0.05, 0.1) is 0 Å². The Hall–Kier alpha value is -1.75. The molecule has 0 saturated heterocycles. The van der Waals surface area contributed by atoms with E-state index in [1.54, 1.807) is 0 Å². The van der Waals surface area contributed by atoms with E-state index in [0.717, 1.165) is 11.0 Å². The minimum atomic E-state index is -0.530. The van der Waals surface area contributed by atoms with Gasteiger partial charge in [0.1, 0.15) is 5.82 Å². The first-order valence-corrected chi connectivity index (χ1v) is 4.84. The van der Waals surface area contributed by atoms with Crippen molar-refractivity contribution in [2.45, 2.75) is 6.92 Å². The van der Waals surface area contributed by atoms with Crippen LogP contribution >= 0.6 is 0 Å². The van der Waals surface area contributed by atoms with Gasteiger partial charge in [-0.25, -0.2) is 4.39 Å². The van der Waals surface area contributed by atoms with Crippen LogP contribution in [0.25, 0.3) is 0 Å².